The van der Waals surface area contributed by atoms with E-state index < -0.39 is 0 Å². The van der Waals surface area contributed by atoms with Crippen LogP contribution in [0.4, 0.5) is 0 Å². The summed E-state index contributed by atoms with van der Waals surface area (Å²) in [6.07, 6.45) is 4.00. The minimum absolute atomic E-state index is 0.0211. The van der Waals surface area contributed by atoms with Gasteiger partial charge in [-0.25, -0.2) is 0 Å². The highest BCUT2D eigenvalue weighted by Crippen LogP contribution is 2.19. The molecule has 140 valence electrons. The van der Waals surface area contributed by atoms with Gasteiger partial charge in [0.1, 0.15) is 6.54 Å². The lowest BCUT2D eigenvalue weighted by molar-refractivity contribution is -0.133. The maximum Gasteiger partial charge on any atom is 0.261 e. The minimum atomic E-state index is -0.0211. The molecular formula is C21H23N3O2S. The largest absolute Gasteiger partial charge is 0.351 e. The molecule has 1 N–H and O–H groups in total. The maximum absolute atomic E-state index is 12.8. The van der Waals surface area contributed by atoms with Crippen LogP contribution < -0.4 is 5.32 Å². The number of piperidine rings is 1. The predicted octanol–water partition coefficient (Wildman–Crippen LogP) is 3.37. The smallest absolute Gasteiger partial charge is 0.261 e. The first-order chi connectivity index (χ1) is 13.2. The van der Waals surface area contributed by atoms with Gasteiger partial charge in [0.05, 0.1) is 4.88 Å². The Balaban J connectivity index is 1.33. The number of hydrogen-bond acceptors (Lipinski definition) is 3. The number of nitrogens with one attached hydrogen (secondary N) is 1. The third-order valence-corrected chi connectivity index (χ3v) is 6.02. The lowest BCUT2D eigenvalue weighted by Gasteiger charge is -2.33. The monoisotopic (exact) mass is 381 g/mol. The van der Waals surface area contributed by atoms with Crippen molar-refractivity contribution in [2.45, 2.75) is 19.4 Å². The highest BCUT2D eigenvalue weighted by Gasteiger charge is 2.24. The molecule has 1 fully saturated rings. The molecule has 3 aromatic rings. The Bertz CT molecular complexity index is 932. The topological polar surface area (TPSA) is 54.3 Å². The molecule has 0 spiro atoms. The molecule has 2 aromatic heterocycles. The normalized spacial score (nSPS) is 17.2. The third-order valence-electron chi connectivity index (χ3n) is 5.15. The van der Waals surface area contributed by atoms with E-state index in [1.807, 2.05) is 57.4 Å². The Kier molecular flexibility index (Phi) is 5.25. The van der Waals surface area contributed by atoms with Crippen molar-refractivity contribution >= 4 is 34.1 Å². The van der Waals surface area contributed by atoms with E-state index in [-0.39, 0.29) is 11.8 Å². The van der Waals surface area contributed by atoms with Gasteiger partial charge in [0.2, 0.25) is 5.91 Å². The number of aromatic nitrogens is 1. The molecule has 1 aromatic carbocycles. The number of nitrogens with zero attached hydrogens (tertiary/aromatic N) is 2. The Hall–Kier alpha value is -2.60. The van der Waals surface area contributed by atoms with Gasteiger partial charge in [0.25, 0.3) is 5.91 Å². The van der Waals surface area contributed by atoms with Gasteiger partial charge < -0.3 is 14.8 Å². The molecule has 1 saturated heterocycles. The number of likely N-dealkylation sites (tertiary alicyclic amines) is 1. The Morgan fingerprint density at radius 2 is 2.04 bits per heavy atom. The molecule has 0 aliphatic carbocycles. The maximum atomic E-state index is 12.8. The standard InChI is InChI=1S/C21H23N3O2S/c25-20(15-23-11-9-17-6-1-2-7-18(17)23)24-10-3-5-16(14-24)13-22-21(26)19-8-4-12-27-19/h1-2,4,6-9,11-12,16H,3,5,10,13-15H2,(H,22,26). The Morgan fingerprint density at radius 3 is 2.89 bits per heavy atom. The first-order valence-corrected chi connectivity index (χ1v) is 10.2. The van der Waals surface area contributed by atoms with Crippen molar-refractivity contribution in [3.63, 3.8) is 0 Å². The Labute approximate surface area is 162 Å². The summed E-state index contributed by atoms with van der Waals surface area (Å²) >= 11 is 1.45. The fourth-order valence-electron chi connectivity index (χ4n) is 3.71. The van der Waals surface area contributed by atoms with E-state index in [0.29, 0.717) is 25.6 Å². The van der Waals surface area contributed by atoms with Crippen LogP contribution in [0.2, 0.25) is 0 Å². The van der Waals surface area contributed by atoms with Crippen LogP contribution in [0.5, 0.6) is 0 Å². The number of thiophene rings is 1. The zero-order valence-electron chi connectivity index (χ0n) is 15.1. The van der Waals surface area contributed by atoms with E-state index in [1.54, 1.807) is 0 Å². The van der Waals surface area contributed by atoms with Gasteiger partial charge in [-0.2, -0.15) is 0 Å². The number of rotatable bonds is 5. The number of fused-ring (bicyclic) bond motifs is 1. The van der Waals surface area contributed by atoms with Gasteiger partial charge in [0, 0.05) is 31.3 Å². The van der Waals surface area contributed by atoms with E-state index in [2.05, 4.69) is 11.4 Å². The molecular weight excluding hydrogens is 358 g/mol. The van der Waals surface area contributed by atoms with E-state index in [0.717, 1.165) is 35.2 Å². The summed E-state index contributed by atoms with van der Waals surface area (Å²) in [5.41, 5.74) is 1.09. The molecule has 0 radical (unpaired) electrons. The average molecular weight is 382 g/mol. The number of amides is 2. The summed E-state index contributed by atoms with van der Waals surface area (Å²) in [4.78, 5) is 27.6. The van der Waals surface area contributed by atoms with Crippen LogP contribution >= 0.6 is 11.3 Å². The summed E-state index contributed by atoms with van der Waals surface area (Å²) in [5, 5.41) is 6.07. The molecule has 1 aliphatic rings. The molecule has 3 heterocycles. The first-order valence-electron chi connectivity index (χ1n) is 9.34. The minimum Gasteiger partial charge on any atom is -0.351 e. The van der Waals surface area contributed by atoms with E-state index >= 15 is 0 Å². The molecule has 1 atom stereocenters. The lowest BCUT2D eigenvalue weighted by Crippen LogP contribution is -2.44. The van der Waals surface area contributed by atoms with E-state index in [4.69, 9.17) is 0 Å². The molecule has 5 nitrogen and oxygen atoms in total. The lowest BCUT2D eigenvalue weighted by atomic mass is 9.98. The number of hydrogen-bond donors (Lipinski definition) is 1. The van der Waals surface area contributed by atoms with Crippen molar-refractivity contribution in [1.29, 1.82) is 0 Å². The molecule has 0 saturated carbocycles. The predicted molar refractivity (Wildman–Crippen MR) is 108 cm³/mol. The second kappa shape index (κ2) is 7.96. The van der Waals surface area contributed by atoms with Crippen molar-refractivity contribution in [3.05, 3.63) is 58.9 Å². The van der Waals surface area contributed by atoms with Crippen LogP contribution in [-0.2, 0) is 11.3 Å². The molecule has 2 amide bonds. The van der Waals surface area contributed by atoms with Crippen molar-refractivity contribution in [1.82, 2.24) is 14.8 Å². The van der Waals surface area contributed by atoms with Crippen LogP contribution in [0.15, 0.2) is 54.0 Å². The Morgan fingerprint density at radius 1 is 1.15 bits per heavy atom. The average Bonchev–Trinajstić information content (AvgIpc) is 3.37. The van der Waals surface area contributed by atoms with Crippen LogP contribution in [0.1, 0.15) is 22.5 Å². The van der Waals surface area contributed by atoms with Crippen LogP contribution in [0.25, 0.3) is 10.9 Å². The summed E-state index contributed by atoms with van der Waals surface area (Å²) in [6.45, 7) is 2.49. The molecule has 0 bridgehead atoms. The highest BCUT2D eigenvalue weighted by atomic mass is 32.1. The van der Waals surface area contributed by atoms with Gasteiger partial charge in [-0.05, 0) is 47.7 Å². The molecule has 4 rings (SSSR count). The number of benzene rings is 1. The van der Waals surface area contributed by atoms with Gasteiger partial charge in [0.15, 0.2) is 0 Å². The van der Waals surface area contributed by atoms with Gasteiger partial charge in [-0.3, -0.25) is 9.59 Å². The van der Waals surface area contributed by atoms with Crippen LogP contribution in [-0.4, -0.2) is 40.9 Å². The van der Waals surface area contributed by atoms with Crippen molar-refractivity contribution in [2.24, 2.45) is 5.92 Å². The molecule has 27 heavy (non-hydrogen) atoms. The number of carbonyl (C=O) groups excluding carboxylic acids is 2. The summed E-state index contributed by atoms with van der Waals surface area (Å²) in [6, 6.07) is 13.9. The summed E-state index contributed by atoms with van der Waals surface area (Å²) < 4.78 is 2.01. The van der Waals surface area contributed by atoms with Crippen LogP contribution in [0, 0.1) is 5.92 Å². The second-order valence-corrected chi connectivity index (χ2v) is 7.99. The van der Waals surface area contributed by atoms with Gasteiger partial charge in [-0.1, -0.05) is 24.3 Å². The first kappa shape index (κ1) is 17.8. The van der Waals surface area contributed by atoms with Crippen molar-refractivity contribution in [2.75, 3.05) is 19.6 Å². The highest BCUT2D eigenvalue weighted by molar-refractivity contribution is 7.12. The van der Waals surface area contributed by atoms with Crippen molar-refractivity contribution < 1.29 is 9.59 Å². The number of carbonyl (C=O) groups is 2. The zero-order chi connectivity index (χ0) is 18.6. The van der Waals surface area contributed by atoms with Crippen molar-refractivity contribution in [3.8, 4) is 0 Å². The SMILES string of the molecule is O=C(NCC1CCCN(C(=O)Cn2ccc3ccccc32)C1)c1cccs1. The van der Waals surface area contributed by atoms with Gasteiger partial charge >= 0.3 is 0 Å². The fourth-order valence-corrected chi connectivity index (χ4v) is 4.35. The second-order valence-electron chi connectivity index (χ2n) is 7.04. The third kappa shape index (κ3) is 4.06. The molecule has 6 heteroatoms. The molecule has 1 aliphatic heterocycles. The fraction of sp³-hybridized carbons (Fsp3) is 0.333. The summed E-state index contributed by atoms with van der Waals surface area (Å²) in [7, 11) is 0. The van der Waals surface area contributed by atoms with E-state index in [9.17, 15) is 9.59 Å². The number of para-hydroxylation sites is 1. The quantitative estimate of drug-likeness (QED) is 0.737. The van der Waals surface area contributed by atoms with Gasteiger partial charge in [-0.15, -0.1) is 11.3 Å². The summed E-state index contributed by atoms with van der Waals surface area (Å²) in [5.74, 6) is 0.436. The zero-order valence-corrected chi connectivity index (χ0v) is 16.0. The van der Waals surface area contributed by atoms with E-state index in [1.165, 1.54) is 11.3 Å². The van der Waals surface area contributed by atoms with Crippen LogP contribution in [0.3, 0.4) is 0 Å². The molecule has 1 unspecified atom stereocenters.